The van der Waals surface area contributed by atoms with Gasteiger partial charge in [-0.25, -0.2) is 4.98 Å². The summed E-state index contributed by atoms with van der Waals surface area (Å²) < 4.78 is 11.0. The van der Waals surface area contributed by atoms with Gasteiger partial charge >= 0.3 is 5.97 Å². The molecule has 0 aliphatic carbocycles. The minimum Gasteiger partial charge on any atom is -0.481 e. The quantitative estimate of drug-likeness (QED) is 0.221. The van der Waals surface area contributed by atoms with Crippen molar-refractivity contribution in [3.05, 3.63) is 66.2 Å². The highest BCUT2D eigenvalue weighted by molar-refractivity contribution is 6.11. The average molecular weight is 453 g/mol. The zero-order valence-corrected chi connectivity index (χ0v) is 19.9. The van der Waals surface area contributed by atoms with Crippen molar-refractivity contribution in [2.45, 2.75) is 32.8 Å². The Morgan fingerprint density at radius 1 is 1.00 bits per heavy atom. The summed E-state index contributed by atoms with van der Waals surface area (Å²) >= 11 is 0. The fourth-order valence-electron chi connectivity index (χ4n) is 3.92. The maximum atomic E-state index is 12.5. The van der Waals surface area contributed by atoms with Crippen molar-refractivity contribution in [3.8, 4) is 29.4 Å². The van der Waals surface area contributed by atoms with Gasteiger partial charge in [-0.1, -0.05) is 24.1 Å². The molecule has 0 saturated carbocycles. The van der Waals surface area contributed by atoms with E-state index in [1.54, 1.807) is 0 Å². The van der Waals surface area contributed by atoms with E-state index in [4.69, 9.17) is 20.9 Å². The number of nitrogens with zero attached hydrogens (tertiary/aromatic N) is 1. The number of fused-ring (bicyclic) bond motifs is 3. The Labute approximate surface area is 200 Å². The van der Waals surface area contributed by atoms with Crippen LogP contribution in [0.5, 0.6) is 5.75 Å². The van der Waals surface area contributed by atoms with Crippen molar-refractivity contribution in [2.24, 2.45) is 0 Å². The maximum Gasteiger partial charge on any atom is 0.310 e. The number of esters is 1. The molecule has 34 heavy (non-hydrogen) atoms. The Bertz CT molecular complexity index is 1390. The molecule has 0 aliphatic rings. The summed E-state index contributed by atoms with van der Waals surface area (Å²) in [4.78, 5) is 17.5. The van der Waals surface area contributed by atoms with Crippen LogP contribution in [0, 0.1) is 12.3 Å². The molecule has 4 aromatic rings. The predicted molar refractivity (Wildman–Crippen MR) is 138 cm³/mol. The third kappa shape index (κ3) is 5.13. The number of benzene rings is 3. The summed E-state index contributed by atoms with van der Waals surface area (Å²) in [5.41, 5.74) is 4.02. The molecule has 5 heteroatoms. The van der Waals surface area contributed by atoms with Gasteiger partial charge in [-0.2, -0.15) is 0 Å². The van der Waals surface area contributed by atoms with Crippen LogP contribution in [0.15, 0.2) is 60.7 Å². The van der Waals surface area contributed by atoms with Crippen molar-refractivity contribution >= 4 is 33.3 Å². The number of ether oxygens (including phenoxy) is 2. The van der Waals surface area contributed by atoms with Gasteiger partial charge in [0.2, 0.25) is 0 Å². The summed E-state index contributed by atoms with van der Waals surface area (Å²) in [6, 6.07) is 20.0. The van der Waals surface area contributed by atoms with Crippen LogP contribution in [0.1, 0.15) is 26.3 Å². The lowest BCUT2D eigenvalue weighted by Gasteiger charge is -2.19. The summed E-state index contributed by atoms with van der Waals surface area (Å²) in [6.07, 6.45) is 5.49. The molecule has 3 aromatic carbocycles. The monoisotopic (exact) mass is 452 g/mol. The molecule has 0 fully saturated rings. The molecule has 1 aromatic heterocycles. The second kappa shape index (κ2) is 9.44. The zero-order chi connectivity index (χ0) is 24.3. The number of nitrogens with one attached hydrogen (secondary N) is 1. The molecule has 172 valence electrons. The van der Waals surface area contributed by atoms with Gasteiger partial charge in [0.25, 0.3) is 0 Å². The van der Waals surface area contributed by atoms with Crippen LogP contribution in [0.2, 0.25) is 0 Å². The number of hydrogen-bond acceptors (Lipinski definition) is 5. The van der Waals surface area contributed by atoms with Crippen LogP contribution < -0.4 is 10.1 Å². The van der Waals surface area contributed by atoms with E-state index in [1.807, 2.05) is 76.3 Å². The van der Waals surface area contributed by atoms with Crippen LogP contribution in [0.3, 0.4) is 0 Å². The van der Waals surface area contributed by atoms with Gasteiger partial charge < -0.3 is 14.8 Å². The number of rotatable bonds is 6. The molecule has 1 heterocycles. The highest BCUT2D eigenvalue weighted by atomic mass is 16.6. The second-order valence-corrected chi connectivity index (χ2v) is 9.10. The van der Waals surface area contributed by atoms with Gasteiger partial charge in [0.05, 0.1) is 17.6 Å². The zero-order valence-electron chi connectivity index (χ0n) is 19.9. The number of anilines is 1. The van der Waals surface area contributed by atoms with E-state index < -0.39 is 5.60 Å². The Morgan fingerprint density at radius 3 is 2.41 bits per heavy atom. The first-order valence-electron chi connectivity index (χ1n) is 11.2. The van der Waals surface area contributed by atoms with Crippen LogP contribution in [0.25, 0.3) is 32.9 Å². The molecule has 0 aliphatic heterocycles. The van der Waals surface area contributed by atoms with Crippen LogP contribution >= 0.6 is 0 Å². The number of carbonyl (C=O) groups is 1. The molecule has 1 N–H and O–H groups in total. The molecule has 0 radical (unpaired) electrons. The van der Waals surface area contributed by atoms with E-state index >= 15 is 0 Å². The van der Waals surface area contributed by atoms with E-state index in [2.05, 4.69) is 23.4 Å². The van der Waals surface area contributed by atoms with Gasteiger partial charge in [0.1, 0.15) is 18.0 Å². The topological polar surface area (TPSA) is 60.5 Å². The molecule has 0 unspecified atom stereocenters. The number of aromatic nitrogens is 1. The molecule has 0 saturated heterocycles. The molecular weight excluding hydrogens is 424 g/mol. The van der Waals surface area contributed by atoms with Gasteiger partial charge in [-0.3, -0.25) is 4.79 Å². The largest absolute Gasteiger partial charge is 0.481 e. The van der Waals surface area contributed by atoms with Gasteiger partial charge in [-0.15, -0.1) is 6.42 Å². The summed E-state index contributed by atoms with van der Waals surface area (Å²) in [6.45, 7) is 5.83. The van der Waals surface area contributed by atoms with E-state index in [0.29, 0.717) is 5.75 Å². The van der Waals surface area contributed by atoms with Gasteiger partial charge in [-0.05, 0) is 74.2 Å². The summed E-state index contributed by atoms with van der Waals surface area (Å²) in [5.74, 6) is 2.92. The number of pyridine rings is 1. The van der Waals surface area contributed by atoms with E-state index in [9.17, 15) is 4.79 Å². The fourth-order valence-corrected chi connectivity index (χ4v) is 3.92. The van der Waals surface area contributed by atoms with Crippen LogP contribution in [-0.4, -0.2) is 30.2 Å². The van der Waals surface area contributed by atoms with Crippen molar-refractivity contribution in [3.63, 3.8) is 0 Å². The van der Waals surface area contributed by atoms with Crippen molar-refractivity contribution in [1.29, 1.82) is 0 Å². The maximum absolute atomic E-state index is 12.5. The lowest BCUT2D eigenvalue weighted by atomic mass is 9.97. The number of carbonyl (C=O) groups excluding carboxylic acids is 1. The minimum absolute atomic E-state index is 0.197. The first-order valence-corrected chi connectivity index (χ1v) is 11.2. The third-order valence-electron chi connectivity index (χ3n) is 5.37. The molecule has 0 bridgehead atoms. The first kappa shape index (κ1) is 23.1. The van der Waals surface area contributed by atoms with Crippen molar-refractivity contribution in [2.75, 3.05) is 19.0 Å². The molecule has 5 nitrogen and oxygen atoms in total. The predicted octanol–water partition coefficient (Wildman–Crippen LogP) is 5.99. The van der Waals surface area contributed by atoms with Gasteiger partial charge in [0, 0.05) is 29.1 Å². The van der Waals surface area contributed by atoms with E-state index in [0.717, 1.165) is 44.2 Å². The van der Waals surface area contributed by atoms with Crippen molar-refractivity contribution < 1.29 is 14.3 Å². The lowest BCUT2D eigenvalue weighted by molar-refractivity contribution is -0.153. The Hall–Kier alpha value is -4.04. The molecule has 0 spiro atoms. The average Bonchev–Trinajstić information content (AvgIpc) is 2.80. The highest BCUT2D eigenvalue weighted by Crippen LogP contribution is 2.35. The summed E-state index contributed by atoms with van der Waals surface area (Å²) in [5, 5.41) is 6.28. The molecular formula is C29H28N2O3. The normalized spacial score (nSPS) is 11.3. The Kier molecular flexibility index (Phi) is 6.43. The highest BCUT2D eigenvalue weighted by Gasteiger charge is 2.18. The fraction of sp³-hybridized carbons (Fsp3) is 0.241. The van der Waals surface area contributed by atoms with E-state index in [1.165, 1.54) is 0 Å². The Balaban J connectivity index is 1.84. The molecule has 0 atom stereocenters. The van der Waals surface area contributed by atoms with Crippen molar-refractivity contribution in [1.82, 2.24) is 4.98 Å². The Morgan fingerprint density at radius 2 is 1.74 bits per heavy atom. The molecule has 0 amide bonds. The SMILES string of the molecule is C#CCOc1ccc(-c2nc3cc(NC)ccc3c3ccc(CC(=O)OC(C)(C)C)cc23)cc1. The summed E-state index contributed by atoms with van der Waals surface area (Å²) in [7, 11) is 1.89. The lowest BCUT2D eigenvalue weighted by Crippen LogP contribution is -2.24. The number of terminal acetylenes is 1. The van der Waals surface area contributed by atoms with Crippen LogP contribution in [-0.2, 0) is 16.0 Å². The second-order valence-electron chi connectivity index (χ2n) is 9.10. The molecule has 4 rings (SSSR count). The van der Waals surface area contributed by atoms with Crippen LogP contribution in [0.4, 0.5) is 5.69 Å². The smallest absolute Gasteiger partial charge is 0.310 e. The third-order valence-corrected chi connectivity index (χ3v) is 5.37. The van der Waals surface area contributed by atoms with Gasteiger partial charge in [0.15, 0.2) is 0 Å². The number of hydrogen-bond donors (Lipinski definition) is 1. The van der Waals surface area contributed by atoms with E-state index in [-0.39, 0.29) is 19.0 Å². The minimum atomic E-state index is -0.523. The first-order chi connectivity index (χ1) is 16.3. The standard InChI is InChI=1S/C29H28N2O3/c1-6-15-33-22-11-8-20(9-12-22)28-25-16-19(17-27(32)34-29(2,3)4)7-13-23(25)24-14-10-21(30-5)18-26(24)31-28/h1,7-14,16,18,30H,15,17H2,2-5H3.